The first-order chi connectivity index (χ1) is 11.6. The topological polar surface area (TPSA) is 59.2 Å². The minimum atomic E-state index is -0.000573. The molecule has 5 heteroatoms. The molecule has 124 valence electrons. The van der Waals surface area contributed by atoms with Crippen LogP contribution in [0.25, 0.3) is 11.3 Å². The highest BCUT2D eigenvalue weighted by atomic mass is 35.5. The zero-order valence-electron chi connectivity index (χ0n) is 13.4. The summed E-state index contributed by atoms with van der Waals surface area (Å²) in [5, 5.41) is 0.487. The third-order valence-corrected chi connectivity index (χ3v) is 5.69. The molecule has 2 fully saturated rings. The molecule has 1 saturated carbocycles. The van der Waals surface area contributed by atoms with Gasteiger partial charge in [0.2, 0.25) is 0 Å². The molecule has 3 atom stereocenters. The zero-order chi connectivity index (χ0) is 16.7. The first-order valence-electron chi connectivity index (χ1n) is 8.39. The Balaban J connectivity index is 1.61. The standard InChI is InChI=1S/C19H20ClN3O/c20-16-6-4-12(18-3-1-2-8-22-18)9-14(16)19(24)23-10-13-5-7-17(21)15(13)11-23/h1-4,6,8-9,13,15,17H,5,7,10-11,21H2. The number of carbonyl (C=O) groups excluding carboxylic acids is 1. The molecule has 3 unspecified atom stereocenters. The van der Waals surface area contributed by atoms with Gasteiger partial charge < -0.3 is 10.6 Å². The number of nitrogens with zero attached hydrogens (tertiary/aromatic N) is 2. The van der Waals surface area contributed by atoms with Gasteiger partial charge in [0.1, 0.15) is 0 Å². The number of carbonyl (C=O) groups is 1. The minimum Gasteiger partial charge on any atom is -0.338 e. The maximum Gasteiger partial charge on any atom is 0.255 e. The van der Waals surface area contributed by atoms with E-state index in [2.05, 4.69) is 4.98 Å². The Labute approximate surface area is 146 Å². The lowest BCUT2D eigenvalue weighted by atomic mass is 9.98. The van der Waals surface area contributed by atoms with Gasteiger partial charge in [0.05, 0.1) is 16.3 Å². The molecule has 0 spiro atoms. The van der Waals surface area contributed by atoms with Crippen LogP contribution in [0.5, 0.6) is 0 Å². The van der Waals surface area contributed by atoms with Crippen molar-refractivity contribution in [2.24, 2.45) is 17.6 Å². The summed E-state index contributed by atoms with van der Waals surface area (Å²) < 4.78 is 0. The minimum absolute atomic E-state index is 0.000573. The normalized spacial score (nSPS) is 25.8. The van der Waals surface area contributed by atoms with Gasteiger partial charge in [-0.3, -0.25) is 9.78 Å². The van der Waals surface area contributed by atoms with E-state index in [-0.39, 0.29) is 11.9 Å². The van der Waals surface area contributed by atoms with Crippen LogP contribution in [0.2, 0.25) is 5.02 Å². The van der Waals surface area contributed by atoms with Gasteiger partial charge in [-0.05, 0) is 48.9 Å². The fourth-order valence-corrected chi connectivity index (χ4v) is 4.22. The van der Waals surface area contributed by atoms with Gasteiger partial charge in [0.15, 0.2) is 0 Å². The highest BCUT2D eigenvalue weighted by molar-refractivity contribution is 6.34. The predicted molar refractivity (Wildman–Crippen MR) is 94.8 cm³/mol. The van der Waals surface area contributed by atoms with E-state index in [0.29, 0.717) is 22.4 Å². The predicted octanol–water partition coefficient (Wildman–Crippen LogP) is 3.21. The second kappa shape index (κ2) is 6.19. The van der Waals surface area contributed by atoms with Gasteiger partial charge in [-0.1, -0.05) is 23.7 Å². The third kappa shape index (κ3) is 2.70. The molecule has 4 rings (SSSR count). The smallest absolute Gasteiger partial charge is 0.255 e. The average Bonchev–Trinajstić information content (AvgIpc) is 3.18. The van der Waals surface area contributed by atoms with E-state index in [4.69, 9.17) is 17.3 Å². The van der Waals surface area contributed by atoms with Gasteiger partial charge in [0.25, 0.3) is 5.91 Å². The van der Waals surface area contributed by atoms with Gasteiger partial charge in [-0.25, -0.2) is 0 Å². The Morgan fingerprint density at radius 2 is 2.08 bits per heavy atom. The summed E-state index contributed by atoms with van der Waals surface area (Å²) in [6.07, 6.45) is 3.94. The third-order valence-electron chi connectivity index (χ3n) is 5.36. The van der Waals surface area contributed by atoms with E-state index >= 15 is 0 Å². The molecule has 2 N–H and O–H groups in total. The Hall–Kier alpha value is -1.91. The number of nitrogens with two attached hydrogens (primary N) is 1. The van der Waals surface area contributed by atoms with Crippen LogP contribution in [0.3, 0.4) is 0 Å². The van der Waals surface area contributed by atoms with Crippen LogP contribution in [0.1, 0.15) is 23.2 Å². The molecule has 2 heterocycles. The first kappa shape index (κ1) is 15.6. The van der Waals surface area contributed by atoms with E-state index in [1.165, 1.54) is 0 Å². The quantitative estimate of drug-likeness (QED) is 0.912. The van der Waals surface area contributed by atoms with E-state index in [9.17, 15) is 4.79 Å². The number of pyridine rings is 1. The summed E-state index contributed by atoms with van der Waals surface area (Å²) in [4.78, 5) is 19.2. The lowest BCUT2D eigenvalue weighted by molar-refractivity contribution is 0.0780. The molecule has 1 aliphatic heterocycles. The van der Waals surface area contributed by atoms with Crippen LogP contribution in [-0.4, -0.2) is 34.9 Å². The van der Waals surface area contributed by atoms with E-state index in [0.717, 1.165) is 37.2 Å². The molecular formula is C19H20ClN3O. The van der Waals surface area contributed by atoms with Crippen LogP contribution >= 0.6 is 11.6 Å². The number of benzene rings is 1. The van der Waals surface area contributed by atoms with Crippen LogP contribution in [0.15, 0.2) is 42.6 Å². The Morgan fingerprint density at radius 1 is 1.21 bits per heavy atom. The van der Waals surface area contributed by atoms with Crippen molar-refractivity contribution in [2.75, 3.05) is 13.1 Å². The first-order valence-corrected chi connectivity index (χ1v) is 8.77. The molecule has 4 nitrogen and oxygen atoms in total. The van der Waals surface area contributed by atoms with Gasteiger partial charge in [-0.15, -0.1) is 0 Å². The number of rotatable bonds is 2. The number of amides is 1. The Bertz CT molecular complexity index is 764. The van der Waals surface area contributed by atoms with Gasteiger partial charge in [-0.2, -0.15) is 0 Å². The molecule has 0 bridgehead atoms. The van der Waals surface area contributed by atoms with Crippen molar-refractivity contribution >= 4 is 17.5 Å². The summed E-state index contributed by atoms with van der Waals surface area (Å²) in [6, 6.07) is 11.5. The molecule has 1 amide bonds. The van der Waals surface area contributed by atoms with Crippen molar-refractivity contribution in [3.63, 3.8) is 0 Å². The highest BCUT2D eigenvalue weighted by Crippen LogP contribution is 2.38. The number of likely N-dealkylation sites (tertiary alicyclic amines) is 1. The van der Waals surface area contributed by atoms with Crippen LogP contribution < -0.4 is 5.73 Å². The molecule has 1 aromatic heterocycles. The van der Waals surface area contributed by atoms with Gasteiger partial charge in [0, 0.05) is 30.9 Å². The monoisotopic (exact) mass is 341 g/mol. The van der Waals surface area contributed by atoms with Gasteiger partial charge >= 0.3 is 0 Å². The maximum atomic E-state index is 13.0. The molecule has 2 aliphatic rings. The summed E-state index contributed by atoms with van der Waals surface area (Å²) in [5.41, 5.74) is 8.47. The van der Waals surface area contributed by atoms with Crippen LogP contribution in [0, 0.1) is 11.8 Å². The second-order valence-corrected chi connectivity index (χ2v) is 7.19. The molecule has 1 aromatic carbocycles. The van der Waals surface area contributed by atoms with E-state index in [1.54, 1.807) is 12.3 Å². The number of hydrogen-bond acceptors (Lipinski definition) is 3. The van der Waals surface area contributed by atoms with E-state index in [1.807, 2.05) is 35.2 Å². The molecule has 24 heavy (non-hydrogen) atoms. The fraction of sp³-hybridized carbons (Fsp3) is 0.368. The summed E-state index contributed by atoms with van der Waals surface area (Å²) in [6.45, 7) is 1.54. The van der Waals surface area contributed by atoms with Crippen molar-refractivity contribution in [3.05, 3.63) is 53.2 Å². The SMILES string of the molecule is NC1CCC2CN(C(=O)c3cc(-c4ccccn4)ccc3Cl)CC12. The summed E-state index contributed by atoms with van der Waals surface area (Å²) in [5.74, 6) is 0.979. The van der Waals surface area contributed by atoms with E-state index < -0.39 is 0 Å². The molecule has 1 saturated heterocycles. The molecular weight excluding hydrogens is 322 g/mol. The summed E-state index contributed by atoms with van der Waals surface area (Å²) >= 11 is 6.31. The van der Waals surface area contributed by atoms with Crippen molar-refractivity contribution in [2.45, 2.75) is 18.9 Å². The second-order valence-electron chi connectivity index (χ2n) is 6.78. The lowest BCUT2D eigenvalue weighted by Crippen LogP contribution is -2.33. The van der Waals surface area contributed by atoms with Crippen molar-refractivity contribution < 1.29 is 4.79 Å². The Kier molecular flexibility index (Phi) is 4.02. The molecule has 2 aromatic rings. The largest absolute Gasteiger partial charge is 0.338 e. The zero-order valence-corrected chi connectivity index (χ0v) is 14.1. The maximum absolute atomic E-state index is 13.0. The number of hydrogen-bond donors (Lipinski definition) is 1. The van der Waals surface area contributed by atoms with Crippen molar-refractivity contribution in [1.82, 2.24) is 9.88 Å². The van der Waals surface area contributed by atoms with Crippen LogP contribution in [0.4, 0.5) is 0 Å². The number of aromatic nitrogens is 1. The number of fused-ring (bicyclic) bond motifs is 1. The van der Waals surface area contributed by atoms with Crippen LogP contribution in [-0.2, 0) is 0 Å². The molecule has 1 aliphatic carbocycles. The average molecular weight is 342 g/mol. The number of halogens is 1. The summed E-state index contributed by atoms with van der Waals surface area (Å²) in [7, 11) is 0. The van der Waals surface area contributed by atoms with Crippen molar-refractivity contribution in [3.8, 4) is 11.3 Å². The Morgan fingerprint density at radius 3 is 2.83 bits per heavy atom. The molecule has 0 radical (unpaired) electrons. The highest BCUT2D eigenvalue weighted by Gasteiger charge is 2.42. The fourth-order valence-electron chi connectivity index (χ4n) is 4.03. The lowest BCUT2D eigenvalue weighted by Gasteiger charge is -2.20. The van der Waals surface area contributed by atoms with Crippen molar-refractivity contribution in [1.29, 1.82) is 0 Å².